The number of ether oxygens (including phenoxy) is 1. The summed E-state index contributed by atoms with van der Waals surface area (Å²) in [7, 11) is 1.68. The van der Waals surface area contributed by atoms with Gasteiger partial charge in [0.15, 0.2) is 0 Å². The molecule has 0 spiro atoms. The first-order valence-electron chi connectivity index (χ1n) is 5.83. The highest BCUT2D eigenvalue weighted by atomic mass is 16.5. The van der Waals surface area contributed by atoms with Crippen molar-refractivity contribution < 1.29 is 19.4 Å². The van der Waals surface area contributed by atoms with Gasteiger partial charge in [0, 0.05) is 26.7 Å². The maximum atomic E-state index is 11.7. The Morgan fingerprint density at radius 3 is 2.53 bits per heavy atom. The Morgan fingerprint density at radius 1 is 1.47 bits per heavy atom. The van der Waals surface area contributed by atoms with Gasteiger partial charge in [0.05, 0.1) is 12.0 Å². The summed E-state index contributed by atoms with van der Waals surface area (Å²) >= 11 is 0. The number of urea groups is 1. The van der Waals surface area contributed by atoms with Gasteiger partial charge >= 0.3 is 12.0 Å². The summed E-state index contributed by atoms with van der Waals surface area (Å²) in [5.41, 5.74) is 0. The number of carboxylic acid groups (broad SMARTS) is 1. The van der Waals surface area contributed by atoms with E-state index in [0.29, 0.717) is 13.1 Å². The number of likely N-dealkylation sites (tertiary alicyclic amines) is 1. The van der Waals surface area contributed by atoms with Crippen molar-refractivity contribution in [1.29, 1.82) is 0 Å². The molecule has 2 amide bonds. The Labute approximate surface area is 101 Å². The molecule has 0 radical (unpaired) electrons. The first-order chi connectivity index (χ1) is 8.04. The lowest BCUT2D eigenvalue weighted by Crippen LogP contribution is -2.47. The molecule has 1 aliphatic rings. The van der Waals surface area contributed by atoms with E-state index in [1.807, 2.05) is 0 Å². The topological polar surface area (TPSA) is 78.9 Å². The van der Waals surface area contributed by atoms with Crippen LogP contribution in [0.4, 0.5) is 4.79 Å². The molecule has 0 aromatic carbocycles. The van der Waals surface area contributed by atoms with Gasteiger partial charge < -0.3 is 20.1 Å². The van der Waals surface area contributed by atoms with Crippen LogP contribution in [0.5, 0.6) is 0 Å². The number of hydrogen-bond acceptors (Lipinski definition) is 3. The molecular weight excluding hydrogens is 224 g/mol. The Morgan fingerprint density at radius 2 is 2.06 bits per heavy atom. The van der Waals surface area contributed by atoms with E-state index in [2.05, 4.69) is 5.32 Å². The second kappa shape index (κ2) is 6.44. The molecule has 1 heterocycles. The molecule has 0 bridgehead atoms. The summed E-state index contributed by atoms with van der Waals surface area (Å²) in [6.07, 6.45) is 1.90. The van der Waals surface area contributed by atoms with E-state index < -0.39 is 11.9 Å². The van der Waals surface area contributed by atoms with Crippen molar-refractivity contribution in [3.05, 3.63) is 0 Å². The standard InChI is InChI=1S/C11H20N2O4/c1-8(10(14)15)7-12-11(16)13-5-3-9(17-2)4-6-13/h8-9H,3-7H2,1-2H3,(H,12,16)(H,14,15). The number of methoxy groups -OCH3 is 1. The van der Waals surface area contributed by atoms with Crippen molar-refractivity contribution in [3.8, 4) is 0 Å². The third-order valence-corrected chi connectivity index (χ3v) is 3.04. The van der Waals surface area contributed by atoms with Crippen LogP contribution in [0, 0.1) is 5.92 Å². The molecule has 6 heteroatoms. The van der Waals surface area contributed by atoms with Crippen LogP contribution >= 0.6 is 0 Å². The molecule has 1 atom stereocenters. The Balaban J connectivity index is 2.27. The van der Waals surface area contributed by atoms with Crippen molar-refractivity contribution in [3.63, 3.8) is 0 Å². The number of aliphatic carboxylic acids is 1. The molecule has 0 aliphatic carbocycles. The van der Waals surface area contributed by atoms with Crippen LogP contribution < -0.4 is 5.32 Å². The minimum absolute atomic E-state index is 0.165. The highest BCUT2D eigenvalue weighted by molar-refractivity contribution is 5.76. The number of nitrogens with one attached hydrogen (secondary N) is 1. The van der Waals surface area contributed by atoms with Crippen molar-refractivity contribution >= 4 is 12.0 Å². The number of carboxylic acids is 1. The predicted molar refractivity (Wildman–Crippen MR) is 61.8 cm³/mol. The first-order valence-corrected chi connectivity index (χ1v) is 5.83. The molecule has 6 nitrogen and oxygen atoms in total. The fourth-order valence-electron chi connectivity index (χ4n) is 1.73. The second-order valence-corrected chi connectivity index (χ2v) is 4.35. The highest BCUT2D eigenvalue weighted by Gasteiger charge is 2.23. The summed E-state index contributed by atoms with van der Waals surface area (Å²) in [5.74, 6) is -1.46. The zero-order valence-corrected chi connectivity index (χ0v) is 10.3. The monoisotopic (exact) mass is 244 g/mol. The number of piperidine rings is 1. The highest BCUT2D eigenvalue weighted by Crippen LogP contribution is 2.12. The lowest BCUT2D eigenvalue weighted by atomic mass is 10.1. The Hall–Kier alpha value is -1.30. The van der Waals surface area contributed by atoms with E-state index in [9.17, 15) is 9.59 Å². The van der Waals surface area contributed by atoms with E-state index in [-0.39, 0.29) is 18.7 Å². The zero-order chi connectivity index (χ0) is 12.8. The number of carbonyl (C=O) groups excluding carboxylic acids is 1. The second-order valence-electron chi connectivity index (χ2n) is 4.35. The van der Waals surface area contributed by atoms with Gasteiger partial charge in [-0.2, -0.15) is 0 Å². The largest absolute Gasteiger partial charge is 0.481 e. The fourth-order valence-corrected chi connectivity index (χ4v) is 1.73. The summed E-state index contributed by atoms with van der Waals surface area (Å²) < 4.78 is 5.21. The van der Waals surface area contributed by atoms with Crippen LogP contribution in [0.15, 0.2) is 0 Å². The summed E-state index contributed by atoms with van der Waals surface area (Å²) in [5, 5.41) is 11.3. The summed E-state index contributed by atoms with van der Waals surface area (Å²) in [4.78, 5) is 24.0. The third kappa shape index (κ3) is 4.22. The zero-order valence-electron chi connectivity index (χ0n) is 10.3. The molecule has 1 fully saturated rings. The number of nitrogens with zero attached hydrogens (tertiary/aromatic N) is 1. The van der Waals surface area contributed by atoms with E-state index in [0.717, 1.165) is 12.8 Å². The number of amides is 2. The van der Waals surface area contributed by atoms with E-state index in [1.54, 1.807) is 18.9 Å². The molecule has 98 valence electrons. The molecule has 1 saturated heterocycles. The van der Waals surface area contributed by atoms with E-state index in [4.69, 9.17) is 9.84 Å². The predicted octanol–water partition coefficient (Wildman–Crippen LogP) is 0.527. The molecule has 0 saturated carbocycles. The number of hydrogen-bond donors (Lipinski definition) is 2. The van der Waals surface area contributed by atoms with Crippen molar-refractivity contribution in [2.24, 2.45) is 5.92 Å². The third-order valence-electron chi connectivity index (χ3n) is 3.04. The van der Waals surface area contributed by atoms with Crippen molar-refractivity contribution in [2.75, 3.05) is 26.7 Å². The number of rotatable bonds is 4. The fraction of sp³-hybridized carbons (Fsp3) is 0.818. The van der Waals surface area contributed by atoms with Gasteiger partial charge in [0.25, 0.3) is 0 Å². The summed E-state index contributed by atoms with van der Waals surface area (Å²) in [6, 6.07) is -0.187. The molecular formula is C11H20N2O4. The van der Waals surface area contributed by atoms with Gasteiger partial charge in [-0.05, 0) is 12.8 Å². The molecule has 1 aliphatic heterocycles. The maximum Gasteiger partial charge on any atom is 0.317 e. The van der Waals surface area contributed by atoms with E-state index >= 15 is 0 Å². The normalized spacial score (nSPS) is 18.8. The Bertz CT molecular complexity index is 275. The molecule has 17 heavy (non-hydrogen) atoms. The van der Waals surface area contributed by atoms with Gasteiger partial charge in [-0.15, -0.1) is 0 Å². The van der Waals surface area contributed by atoms with Gasteiger partial charge in [0.2, 0.25) is 0 Å². The Kier molecular flexibility index (Phi) is 5.21. The van der Waals surface area contributed by atoms with Crippen LogP contribution in [0.2, 0.25) is 0 Å². The van der Waals surface area contributed by atoms with E-state index in [1.165, 1.54) is 0 Å². The summed E-state index contributed by atoms with van der Waals surface area (Å²) in [6.45, 7) is 3.05. The van der Waals surface area contributed by atoms with Crippen LogP contribution in [0.1, 0.15) is 19.8 Å². The van der Waals surface area contributed by atoms with Crippen molar-refractivity contribution in [2.45, 2.75) is 25.9 Å². The van der Waals surface area contributed by atoms with Gasteiger partial charge in [0.1, 0.15) is 0 Å². The molecule has 0 aromatic rings. The average molecular weight is 244 g/mol. The molecule has 0 aromatic heterocycles. The molecule has 1 unspecified atom stereocenters. The quantitative estimate of drug-likeness (QED) is 0.756. The molecule has 1 rings (SSSR count). The van der Waals surface area contributed by atoms with Crippen LogP contribution in [0.3, 0.4) is 0 Å². The molecule has 2 N–H and O–H groups in total. The lowest BCUT2D eigenvalue weighted by Gasteiger charge is -2.31. The smallest absolute Gasteiger partial charge is 0.317 e. The number of carbonyl (C=O) groups is 2. The average Bonchev–Trinajstić information content (AvgIpc) is 2.35. The maximum absolute atomic E-state index is 11.7. The van der Waals surface area contributed by atoms with Crippen LogP contribution in [-0.2, 0) is 9.53 Å². The van der Waals surface area contributed by atoms with Crippen LogP contribution in [-0.4, -0.2) is 54.9 Å². The van der Waals surface area contributed by atoms with Gasteiger partial charge in [-0.1, -0.05) is 6.92 Å². The SMILES string of the molecule is COC1CCN(C(=O)NCC(C)C(=O)O)CC1. The minimum Gasteiger partial charge on any atom is -0.481 e. The van der Waals surface area contributed by atoms with Gasteiger partial charge in [-0.3, -0.25) is 4.79 Å². The van der Waals surface area contributed by atoms with Crippen LogP contribution in [0.25, 0.3) is 0 Å². The minimum atomic E-state index is -0.900. The first kappa shape index (κ1) is 13.8. The van der Waals surface area contributed by atoms with Gasteiger partial charge in [-0.25, -0.2) is 4.79 Å². The lowest BCUT2D eigenvalue weighted by molar-refractivity contribution is -0.140. The van der Waals surface area contributed by atoms with Crippen molar-refractivity contribution in [1.82, 2.24) is 10.2 Å².